The van der Waals surface area contributed by atoms with Crippen LogP contribution in [0.3, 0.4) is 0 Å². The third kappa shape index (κ3) is 3.73. The number of fused-ring (bicyclic) bond motifs is 2. The molecule has 1 amide bonds. The van der Waals surface area contributed by atoms with Gasteiger partial charge in [-0.3, -0.25) is 9.78 Å². The Kier molecular flexibility index (Phi) is 4.91. The highest BCUT2D eigenvalue weighted by Crippen LogP contribution is 2.35. The van der Waals surface area contributed by atoms with Crippen LogP contribution in [0.1, 0.15) is 19.0 Å². The molecule has 0 aromatic carbocycles. The van der Waals surface area contributed by atoms with Gasteiger partial charge in [0.05, 0.1) is 30.5 Å². The molecule has 0 spiro atoms. The fourth-order valence-electron chi connectivity index (χ4n) is 4.39. The van der Waals surface area contributed by atoms with Gasteiger partial charge in [0.2, 0.25) is 5.91 Å². The molecule has 0 radical (unpaired) electrons. The van der Waals surface area contributed by atoms with Crippen molar-refractivity contribution in [2.45, 2.75) is 32.5 Å². The van der Waals surface area contributed by atoms with E-state index in [-0.39, 0.29) is 18.4 Å². The minimum Gasteiger partial charge on any atom is -0.375 e. The number of nitrogens with zero attached hydrogens (tertiary/aromatic N) is 6. The van der Waals surface area contributed by atoms with E-state index < -0.39 is 12.1 Å². The maximum Gasteiger partial charge on any atom is 0.231 e. The molecule has 9 nitrogen and oxygen atoms in total. The van der Waals surface area contributed by atoms with Gasteiger partial charge >= 0.3 is 0 Å². The average Bonchev–Trinajstić information content (AvgIpc) is 3.42. The summed E-state index contributed by atoms with van der Waals surface area (Å²) in [5.41, 5.74) is 3.33. The molecule has 5 heterocycles. The minimum absolute atomic E-state index is 0.180. The molecule has 34 heavy (non-hydrogen) atoms. The first-order valence-corrected chi connectivity index (χ1v) is 11.4. The van der Waals surface area contributed by atoms with Crippen molar-refractivity contribution < 1.29 is 13.9 Å². The summed E-state index contributed by atoms with van der Waals surface area (Å²) in [5, 5.41) is 9.12. The second-order valence-electron chi connectivity index (χ2n) is 8.97. The molecule has 3 atom stereocenters. The lowest BCUT2D eigenvalue weighted by Crippen LogP contribution is -2.41. The molecule has 1 aliphatic carbocycles. The lowest BCUT2D eigenvalue weighted by molar-refractivity contribution is -0.117. The fraction of sp³-hybridized carbons (Fsp3) is 0.375. The summed E-state index contributed by atoms with van der Waals surface area (Å²) in [6.07, 6.45) is 4.77. The second kappa shape index (κ2) is 7.98. The minimum atomic E-state index is -1.06. The number of hydrogen-bond acceptors (Lipinski definition) is 7. The Morgan fingerprint density at radius 1 is 1.24 bits per heavy atom. The zero-order valence-electron chi connectivity index (χ0n) is 18.9. The van der Waals surface area contributed by atoms with Gasteiger partial charge in [0.1, 0.15) is 12.0 Å². The molecule has 1 N–H and O–H groups in total. The van der Waals surface area contributed by atoms with E-state index in [0.717, 1.165) is 46.5 Å². The van der Waals surface area contributed by atoms with Crippen LogP contribution in [0.25, 0.3) is 27.8 Å². The molecule has 174 valence electrons. The number of amides is 1. The van der Waals surface area contributed by atoms with E-state index in [1.165, 1.54) is 0 Å². The number of anilines is 2. The fourth-order valence-corrected chi connectivity index (χ4v) is 4.39. The van der Waals surface area contributed by atoms with Crippen LogP contribution in [0.5, 0.6) is 0 Å². The van der Waals surface area contributed by atoms with Crippen LogP contribution < -0.4 is 10.2 Å². The molecule has 2 aliphatic rings. The summed E-state index contributed by atoms with van der Waals surface area (Å²) in [6.45, 7) is 6.32. The Bertz CT molecular complexity index is 1420. The van der Waals surface area contributed by atoms with Gasteiger partial charge in [0, 0.05) is 47.5 Å². The SMILES string of the molecule is Cc1ncc(-c2nc3ccc(N4CCO[C@H](C)C4)cn3n2)c2cc(NC(=O)[C@@H]3C[C@@H]3F)ncc12. The van der Waals surface area contributed by atoms with Gasteiger partial charge in [-0.25, -0.2) is 18.9 Å². The Hall–Kier alpha value is -3.66. The number of halogens is 1. The molecule has 6 rings (SSSR count). The van der Waals surface area contributed by atoms with Crippen LogP contribution in [0, 0.1) is 12.8 Å². The van der Waals surface area contributed by atoms with Crippen molar-refractivity contribution in [2.75, 3.05) is 29.9 Å². The van der Waals surface area contributed by atoms with Crippen molar-refractivity contribution in [3.8, 4) is 11.4 Å². The number of hydrogen-bond donors (Lipinski definition) is 1. The van der Waals surface area contributed by atoms with Gasteiger partial charge in [-0.05, 0) is 38.5 Å². The first-order valence-electron chi connectivity index (χ1n) is 11.4. The standard InChI is InChI=1S/C24H24FN7O2/c1-13-11-31(5-6-34-13)15-3-4-22-29-23(30-32(22)12-15)19-10-26-14(2)18-9-27-21(8-16(18)19)28-24(33)17-7-20(17)25/h3-4,8-10,12-13,17,20H,5-7,11H2,1-2H3,(H,27,28,33)/t13-,17-,20+/m1/s1. The molecule has 1 aliphatic heterocycles. The van der Waals surface area contributed by atoms with Crippen molar-refractivity contribution in [3.63, 3.8) is 0 Å². The third-order valence-corrected chi connectivity index (χ3v) is 6.43. The van der Waals surface area contributed by atoms with E-state index in [1.54, 1.807) is 23.0 Å². The quantitative estimate of drug-likeness (QED) is 0.499. The summed E-state index contributed by atoms with van der Waals surface area (Å²) in [7, 11) is 0. The second-order valence-corrected chi connectivity index (χ2v) is 8.97. The Labute approximate surface area is 195 Å². The molecule has 2 fully saturated rings. The van der Waals surface area contributed by atoms with Crippen LogP contribution >= 0.6 is 0 Å². The van der Waals surface area contributed by atoms with Gasteiger partial charge in [-0.1, -0.05) is 0 Å². The predicted octanol–water partition coefficient (Wildman–Crippen LogP) is 3.17. The van der Waals surface area contributed by atoms with Crippen LogP contribution in [0.4, 0.5) is 15.9 Å². The van der Waals surface area contributed by atoms with E-state index in [2.05, 4.69) is 27.1 Å². The predicted molar refractivity (Wildman–Crippen MR) is 126 cm³/mol. The van der Waals surface area contributed by atoms with Crippen LogP contribution in [-0.2, 0) is 9.53 Å². The summed E-state index contributed by atoms with van der Waals surface area (Å²) >= 11 is 0. The number of aryl methyl sites for hydroxylation is 1. The topological polar surface area (TPSA) is 97.5 Å². The number of morpholine rings is 1. The van der Waals surface area contributed by atoms with Gasteiger partial charge in [-0.2, -0.15) is 0 Å². The van der Waals surface area contributed by atoms with Crippen molar-refractivity contribution in [1.29, 1.82) is 0 Å². The Balaban J connectivity index is 1.37. The lowest BCUT2D eigenvalue weighted by atomic mass is 10.1. The maximum absolute atomic E-state index is 13.3. The number of pyridine rings is 3. The van der Waals surface area contributed by atoms with E-state index in [9.17, 15) is 9.18 Å². The van der Waals surface area contributed by atoms with E-state index in [4.69, 9.17) is 14.8 Å². The molecular formula is C24H24FN7O2. The van der Waals surface area contributed by atoms with Crippen molar-refractivity contribution >= 4 is 33.8 Å². The third-order valence-electron chi connectivity index (χ3n) is 6.43. The zero-order valence-corrected chi connectivity index (χ0v) is 18.9. The van der Waals surface area contributed by atoms with Gasteiger partial charge < -0.3 is 15.0 Å². The monoisotopic (exact) mass is 461 g/mol. The number of carbonyl (C=O) groups excluding carboxylic acids is 1. The van der Waals surface area contributed by atoms with E-state index in [1.807, 2.05) is 25.3 Å². The molecule has 1 saturated heterocycles. The van der Waals surface area contributed by atoms with E-state index in [0.29, 0.717) is 18.2 Å². The van der Waals surface area contributed by atoms with Crippen molar-refractivity contribution in [1.82, 2.24) is 24.6 Å². The molecular weight excluding hydrogens is 437 g/mol. The highest BCUT2D eigenvalue weighted by atomic mass is 19.1. The lowest BCUT2D eigenvalue weighted by Gasteiger charge is -2.32. The zero-order chi connectivity index (χ0) is 23.4. The van der Waals surface area contributed by atoms with Crippen LogP contribution in [0.15, 0.2) is 36.8 Å². The summed E-state index contributed by atoms with van der Waals surface area (Å²) in [4.78, 5) is 28.0. The first kappa shape index (κ1) is 20.9. The normalized spacial score (nSPS) is 22.3. The maximum atomic E-state index is 13.3. The Morgan fingerprint density at radius 3 is 2.88 bits per heavy atom. The molecule has 1 saturated carbocycles. The highest BCUT2D eigenvalue weighted by Gasteiger charge is 2.43. The molecule has 0 bridgehead atoms. The molecule has 4 aromatic rings. The number of alkyl halides is 1. The number of aromatic nitrogens is 5. The summed E-state index contributed by atoms with van der Waals surface area (Å²) in [6, 6.07) is 5.77. The molecule has 4 aromatic heterocycles. The average molecular weight is 462 g/mol. The van der Waals surface area contributed by atoms with Crippen molar-refractivity contribution in [3.05, 3.63) is 42.5 Å². The van der Waals surface area contributed by atoms with Crippen LogP contribution in [-0.4, -0.2) is 62.4 Å². The number of nitrogens with one attached hydrogen (secondary N) is 1. The van der Waals surface area contributed by atoms with Crippen LogP contribution in [0.2, 0.25) is 0 Å². The number of carbonyl (C=O) groups is 1. The number of ether oxygens (including phenoxy) is 1. The summed E-state index contributed by atoms with van der Waals surface area (Å²) < 4.78 is 20.7. The first-order chi connectivity index (χ1) is 16.5. The van der Waals surface area contributed by atoms with Gasteiger partial charge in [0.25, 0.3) is 0 Å². The largest absolute Gasteiger partial charge is 0.375 e. The summed E-state index contributed by atoms with van der Waals surface area (Å²) in [5.74, 6) is -0.0298. The highest BCUT2D eigenvalue weighted by molar-refractivity contribution is 6.00. The van der Waals surface area contributed by atoms with Gasteiger partial charge in [-0.15, -0.1) is 5.10 Å². The number of rotatable bonds is 4. The smallest absolute Gasteiger partial charge is 0.231 e. The van der Waals surface area contributed by atoms with E-state index >= 15 is 0 Å². The van der Waals surface area contributed by atoms with Crippen molar-refractivity contribution in [2.24, 2.45) is 5.92 Å². The molecule has 0 unspecified atom stereocenters. The molecule has 10 heteroatoms. The van der Waals surface area contributed by atoms with Gasteiger partial charge in [0.15, 0.2) is 11.5 Å². The Morgan fingerprint density at radius 2 is 2.09 bits per heavy atom.